The second-order valence-corrected chi connectivity index (χ2v) is 6.38. The maximum atomic E-state index is 12.1. The van der Waals surface area contributed by atoms with Crippen LogP contribution in [0, 0.1) is 0 Å². The van der Waals surface area contributed by atoms with Gasteiger partial charge >= 0.3 is 0 Å². The lowest BCUT2D eigenvalue weighted by atomic mass is 10.1. The third-order valence-electron chi connectivity index (χ3n) is 4.49. The third-order valence-corrected chi connectivity index (χ3v) is 4.49. The van der Waals surface area contributed by atoms with Gasteiger partial charge in [0.15, 0.2) is 12.4 Å². The number of hydrogen-bond acceptors (Lipinski definition) is 4. The predicted octanol–water partition coefficient (Wildman–Crippen LogP) is 3.43. The Labute approximate surface area is 161 Å². The first-order valence-electron chi connectivity index (χ1n) is 9.33. The molecule has 0 aliphatic carbocycles. The minimum absolute atomic E-state index is 0.0327. The van der Waals surface area contributed by atoms with Crippen LogP contribution >= 0.6 is 0 Å². The first kappa shape index (κ1) is 20.6. The summed E-state index contributed by atoms with van der Waals surface area (Å²) in [6.45, 7) is 9.02. The van der Waals surface area contributed by atoms with E-state index in [4.69, 9.17) is 4.74 Å². The number of rotatable bonds is 10. The summed E-state index contributed by atoms with van der Waals surface area (Å²) in [5, 5.41) is 2.91. The third kappa shape index (κ3) is 6.53. The molecule has 0 spiro atoms. The molecule has 144 valence electrons. The van der Waals surface area contributed by atoms with Crippen molar-refractivity contribution in [2.45, 2.75) is 33.9 Å². The summed E-state index contributed by atoms with van der Waals surface area (Å²) >= 11 is 0. The molecule has 0 heterocycles. The van der Waals surface area contributed by atoms with Gasteiger partial charge in [-0.05, 0) is 43.3 Å². The fourth-order valence-corrected chi connectivity index (χ4v) is 2.77. The second-order valence-electron chi connectivity index (χ2n) is 6.38. The van der Waals surface area contributed by atoms with Crippen LogP contribution in [0.2, 0.25) is 0 Å². The maximum Gasteiger partial charge on any atom is 0.258 e. The van der Waals surface area contributed by atoms with Gasteiger partial charge in [0.2, 0.25) is 0 Å². The van der Waals surface area contributed by atoms with Gasteiger partial charge in [-0.3, -0.25) is 14.5 Å². The Bertz CT molecular complexity index is 770. The summed E-state index contributed by atoms with van der Waals surface area (Å²) in [6, 6.07) is 15.0. The molecule has 0 radical (unpaired) electrons. The van der Waals surface area contributed by atoms with E-state index >= 15 is 0 Å². The second kappa shape index (κ2) is 10.5. The maximum absolute atomic E-state index is 12.1. The Hall–Kier alpha value is -2.66. The molecule has 0 atom stereocenters. The van der Waals surface area contributed by atoms with Gasteiger partial charge in [-0.15, -0.1) is 0 Å². The standard InChI is InChI=1S/C22H28N2O3/c1-4-24(5-2)15-20-10-7-6-9-19(20)14-23-22(26)16-27-21-12-8-11-18(13-21)17(3)25/h6-13H,4-5,14-16H2,1-3H3,(H,23,26). The zero-order chi connectivity index (χ0) is 19.6. The lowest BCUT2D eigenvalue weighted by Crippen LogP contribution is -2.29. The average Bonchev–Trinajstić information content (AvgIpc) is 2.69. The molecule has 0 saturated heterocycles. The van der Waals surface area contributed by atoms with Gasteiger partial charge < -0.3 is 10.1 Å². The fraction of sp³-hybridized carbons (Fsp3) is 0.364. The molecule has 1 N–H and O–H groups in total. The molecule has 0 saturated carbocycles. The molecule has 2 aromatic carbocycles. The number of nitrogens with one attached hydrogen (secondary N) is 1. The molecule has 27 heavy (non-hydrogen) atoms. The van der Waals surface area contributed by atoms with Gasteiger partial charge in [0, 0.05) is 18.7 Å². The molecule has 2 aromatic rings. The molecule has 0 fully saturated rings. The number of ketones is 1. The van der Waals surface area contributed by atoms with Crippen LogP contribution < -0.4 is 10.1 Å². The molecule has 0 unspecified atom stereocenters. The van der Waals surface area contributed by atoms with Gasteiger partial charge in [-0.1, -0.05) is 50.2 Å². The predicted molar refractivity (Wildman–Crippen MR) is 107 cm³/mol. The number of nitrogens with zero attached hydrogens (tertiary/aromatic N) is 1. The number of benzene rings is 2. The van der Waals surface area contributed by atoms with Crippen LogP contribution in [0.1, 0.15) is 42.3 Å². The highest BCUT2D eigenvalue weighted by atomic mass is 16.5. The number of ether oxygens (including phenoxy) is 1. The largest absolute Gasteiger partial charge is 0.484 e. The number of carbonyl (C=O) groups excluding carboxylic acids is 2. The summed E-state index contributed by atoms with van der Waals surface area (Å²) in [5.41, 5.74) is 2.89. The number of carbonyl (C=O) groups is 2. The van der Waals surface area contributed by atoms with Crippen molar-refractivity contribution in [3.63, 3.8) is 0 Å². The molecule has 2 rings (SSSR count). The van der Waals surface area contributed by atoms with E-state index in [0.29, 0.717) is 17.9 Å². The minimum atomic E-state index is -0.194. The van der Waals surface area contributed by atoms with Crippen LogP contribution in [-0.4, -0.2) is 36.3 Å². The highest BCUT2D eigenvalue weighted by Crippen LogP contribution is 2.14. The van der Waals surface area contributed by atoms with Gasteiger partial charge in [0.05, 0.1) is 0 Å². The normalized spacial score (nSPS) is 10.7. The van der Waals surface area contributed by atoms with Crippen LogP contribution in [0.4, 0.5) is 0 Å². The summed E-state index contributed by atoms with van der Waals surface area (Å²) in [7, 11) is 0. The van der Waals surface area contributed by atoms with Crippen LogP contribution in [0.5, 0.6) is 5.75 Å². The molecule has 5 heteroatoms. The van der Waals surface area contributed by atoms with Gasteiger partial charge in [-0.25, -0.2) is 0 Å². The molecule has 0 aliphatic heterocycles. The molecule has 5 nitrogen and oxygen atoms in total. The lowest BCUT2D eigenvalue weighted by molar-refractivity contribution is -0.123. The van der Waals surface area contributed by atoms with E-state index < -0.39 is 0 Å². The van der Waals surface area contributed by atoms with E-state index in [0.717, 1.165) is 25.2 Å². The summed E-state index contributed by atoms with van der Waals surface area (Å²) in [6.07, 6.45) is 0. The SMILES string of the molecule is CCN(CC)Cc1ccccc1CNC(=O)COc1cccc(C(C)=O)c1. The minimum Gasteiger partial charge on any atom is -0.484 e. The quantitative estimate of drug-likeness (QED) is 0.653. The summed E-state index contributed by atoms with van der Waals surface area (Å²) in [5.74, 6) is 0.287. The Morgan fingerprint density at radius 2 is 1.70 bits per heavy atom. The van der Waals surface area contributed by atoms with Crippen molar-refractivity contribution >= 4 is 11.7 Å². The topological polar surface area (TPSA) is 58.6 Å². The highest BCUT2D eigenvalue weighted by Gasteiger charge is 2.09. The van der Waals surface area contributed by atoms with E-state index in [9.17, 15) is 9.59 Å². The highest BCUT2D eigenvalue weighted by molar-refractivity contribution is 5.94. The van der Waals surface area contributed by atoms with Crippen LogP contribution in [-0.2, 0) is 17.9 Å². The summed E-state index contributed by atoms with van der Waals surface area (Å²) < 4.78 is 5.50. The fourth-order valence-electron chi connectivity index (χ4n) is 2.77. The van der Waals surface area contributed by atoms with E-state index in [1.165, 1.54) is 12.5 Å². The summed E-state index contributed by atoms with van der Waals surface area (Å²) in [4.78, 5) is 25.9. The lowest BCUT2D eigenvalue weighted by Gasteiger charge is -2.20. The number of amides is 1. The van der Waals surface area contributed by atoms with E-state index in [1.54, 1.807) is 24.3 Å². The van der Waals surface area contributed by atoms with Crippen LogP contribution in [0.3, 0.4) is 0 Å². The van der Waals surface area contributed by atoms with Gasteiger partial charge in [0.25, 0.3) is 5.91 Å². The van der Waals surface area contributed by atoms with Crippen LogP contribution in [0.15, 0.2) is 48.5 Å². The molecular weight excluding hydrogens is 340 g/mol. The van der Waals surface area contributed by atoms with E-state index in [2.05, 4.69) is 30.1 Å². The Morgan fingerprint density at radius 1 is 1.00 bits per heavy atom. The van der Waals surface area contributed by atoms with Crippen molar-refractivity contribution in [2.75, 3.05) is 19.7 Å². The van der Waals surface area contributed by atoms with Crippen molar-refractivity contribution < 1.29 is 14.3 Å². The van der Waals surface area contributed by atoms with Crippen LogP contribution in [0.25, 0.3) is 0 Å². The smallest absolute Gasteiger partial charge is 0.258 e. The first-order valence-corrected chi connectivity index (χ1v) is 9.33. The average molecular weight is 368 g/mol. The molecule has 1 amide bonds. The van der Waals surface area contributed by atoms with Crippen molar-refractivity contribution in [2.24, 2.45) is 0 Å². The van der Waals surface area contributed by atoms with E-state index in [1.807, 2.05) is 18.2 Å². The van der Waals surface area contributed by atoms with Gasteiger partial charge in [0.1, 0.15) is 5.75 Å². The van der Waals surface area contributed by atoms with E-state index in [-0.39, 0.29) is 18.3 Å². The van der Waals surface area contributed by atoms with Gasteiger partial charge in [-0.2, -0.15) is 0 Å². The first-order chi connectivity index (χ1) is 13.0. The molecule has 0 aliphatic rings. The zero-order valence-electron chi connectivity index (χ0n) is 16.3. The Kier molecular flexibility index (Phi) is 8.01. The number of hydrogen-bond donors (Lipinski definition) is 1. The molecule has 0 bridgehead atoms. The van der Waals surface area contributed by atoms with Crippen molar-refractivity contribution in [1.29, 1.82) is 0 Å². The van der Waals surface area contributed by atoms with Crippen molar-refractivity contribution in [1.82, 2.24) is 10.2 Å². The number of Topliss-reactive ketones (excluding diaryl/α,β-unsaturated/α-hetero) is 1. The Balaban J connectivity index is 1.89. The van der Waals surface area contributed by atoms with Crippen molar-refractivity contribution in [3.05, 3.63) is 65.2 Å². The molecular formula is C22H28N2O3. The zero-order valence-corrected chi connectivity index (χ0v) is 16.3. The Morgan fingerprint density at radius 3 is 2.37 bits per heavy atom. The molecule has 0 aromatic heterocycles. The van der Waals surface area contributed by atoms with Crippen molar-refractivity contribution in [3.8, 4) is 5.75 Å². The monoisotopic (exact) mass is 368 g/mol.